The van der Waals surface area contributed by atoms with Crippen molar-refractivity contribution in [3.8, 4) is 0 Å². The van der Waals surface area contributed by atoms with Crippen LogP contribution in [0.25, 0.3) is 0 Å². The van der Waals surface area contributed by atoms with Crippen molar-refractivity contribution in [2.45, 2.75) is 63.0 Å². The molecule has 0 saturated heterocycles. The van der Waals surface area contributed by atoms with E-state index in [2.05, 4.69) is 18.9 Å². The molecule has 0 aromatic carbocycles. The minimum atomic E-state index is 0.0638. The van der Waals surface area contributed by atoms with E-state index in [0.717, 1.165) is 12.8 Å². The van der Waals surface area contributed by atoms with Crippen molar-refractivity contribution >= 4 is 0 Å². The molecular formula is C14H27NO. The van der Waals surface area contributed by atoms with Gasteiger partial charge >= 0.3 is 0 Å². The molecule has 1 aliphatic carbocycles. The molecule has 1 unspecified atom stereocenters. The highest BCUT2D eigenvalue weighted by Gasteiger charge is 2.37. The molecule has 2 heteroatoms. The first-order valence-corrected chi connectivity index (χ1v) is 6.62. The van der Waals surface area contributed by atoms with Crippen molar-refractivity contribution in [3.63, 3.8) is 0 Å². The molecule has 0 aromatic rings. The molecule has 0 amide bonds. The monoisotopic (exact) mass is 225 g/mol. The van der Waals surface area contributed by atoms with Crippen LogP contribution in [0.15, 0.2) is 12.7 Å². The van der Waals surface area contributed by atoms with E-state index in [9.17, 15) is 0 Å². The fourth-order valence-electron chi connectivity index (χ4n) is 2.98. The Labute approximate surface area is 100 Å². The summed E-state index contributed by atoms with van der Waals surface area (Å²) in [5.41, 5.74) is 0.0638. The summed E-state index contributed by atoms with van der Waals surface area (Å²) in [4.78, 5) is 0. The van der Waals surface area contributed by atoms with Crippen LogP contribution in [0.2, 0.25) is 0 Å². The van der Waals surface area contributed by atoms with Gasteiger partial charge in [-0.15, -0.1) is 6.58 Å². The number of allylic oxidation sites excluding steroid dienone is 1. The van der Waals surface area contributed by atoms with E-state index in [4.69, 9.17) is 4.74 Å². The van der Waals surface area contributed by atoms with Crippen LogP contribution in [0.4, 0.5) is 0 Å². The smallest absolute Gasteiger partial charge is 0.0830 e. The van der Waals surface area contributed by atoms with Crippen molar-refractivity contribution in [2.24, 2.45) is 0 Å². The van der Waals surface area contributed by atoms with E-state index >= 15 is 0 Å². The molecule has 1 saturated carbocycles. The average Bonchev–Trinajstić information content (AvgIpc) is 2.56. The summed E-state index contributed by atoms with van der Waals surface area (Å²) in [6.45, 7) is 3.81. The lowest BCUT2D eigenvalue weighted by molar-refractivity contribution is -0.0527. The molecule has 1 N–H and O–H groups in total. The zero-order valence-electron chi connectivity index (χ0n) is 10.9. The van der Waals surface area contributed by atoms with Gasteiger partial charge in [-0.2, -0.15) is 0 Å². The Kier molecular flexibility index (Phi) is 6.07. The molecule has 1 rings (SSSR count). The molecule has 2 nitrogen and oxygen atoms in total. The van der Waals surface area contributed by atoms with Crippen LogP contribution in [-0.2, 0) is 4.74 Å². The topological polar surface area (TPSA) is 21.3 Å². The normalized spacial score (nSPS) is 22.4. The Morgan fingerprint density at radius 1 is 1.31 bits per heavy atom. The molecular weight excluding hydrogens is 198 g/mol. The van der Waals surface area contributed by atoms with Crippen LogP contribution in [0.3, 0.4) is 0 Å². The third-order valence-electron chi connectivity index (χ3n) is 4.00. The Balaban J connectivity index is 2.68. The van der Waals surface area contributed by atoms with Crippen molar-refractivity contribution in [1.29, 1.82) is 0 Å². The minimum absolute atomic E-state index is 0.0638. The molecule has 0 spiro atoms. The summed E-state index contributed by atoms with van der Waals surface area (Å²) in [5, 5.41) is 3.45. The predicted octanol–water partition coefficient (Wildman–Crippen LogP) is 3.28. The molecule has 1 atom stereocenters. The fourth-order valence-corrected chi connectivity index (χ4v) is 2.98. The number of ether oxygens (including phenoxy) is 1. The van der Waals surface area contributed by atoms with Crippen molar-refractivity contribution in [3.05, 3.63) is 12.7 Å². The number of nitrogens with one attached hydrogen (secondary N) is 1. The zero-order valence-corrected chi connectivity index (χ0v) is 10.9. The van der Waals surface area contributed by atoms with Crippen LogP contribution < -0.4 is 5.32 Å². The van der Waals surface area contributed by atoms with E-state index in [0.29, 0.717) is 6.04 Å². The van der Waals surface area contributed by atoms with Gasteiger partial charge in [0.05, 0.1) is 5.60 Å². The van der Waals surface area contributed by atoms with Crippen LogP contribution in [-0.4, -0.2) is 25.8 Å². The SMILES string of the molecule is C=CCCC(NC)C1(OC)CCCCCC1. The minimum Gasteiger partial charge on any atom is -0.377 e. The molecule has 94 valence electrons. The third-order valence-corrected chi connectivity index (χ3v) is 4.00. The molecule has 16 heavy (non-hydrogen) atoms. The maximum absolute atomic E-state index is 5.91. The summed E-state index contributed by atoms with van der Waals surface area (Å²) in [6.07, 6.45) is 11.9. The standard InChI is InChI=1S/C14H27NO/c1-4-5-10-13(15-2)14(16-3)11-8-6-7-9-12-14/h4,13,15H,1,5-12H2,2-3H3. The fraction of sp³-hybridized carbons (Fsp3) is 0.857. The molecule has 0 heterocycles. The molecule has 0 radical (unpaired) electrons. The van der Waals surface area contributed by atoms with E-state index in [1.807, 2.05) is 13.2 Å². The van der Waals surface area contributed by atoms with Gasteiger partial charge < -0.3 is 10.1 Å². The van der Waals surface area contributed by atoms with Crippen molar-refractivity contribution in [1.82, 2.24) is 5.32 Å². The number of rotatable bonds is 6. The quantitative estimate of drug-likeness (QED) is 0.553. The Hall–Kier alpha value is -0.340. The maximum atomic E-state index is 5.91. The van der Waals surface area contributed by atoms with Gasteiger partial charge in [0.1, 0.15) is 0 Å². The second kappa shape index (κ2) is 7.08. The second-order valence-corrected chi connectivity index (χ2v) is 4.89. The highest BCUT2D eigenvalue weighted by Crippen LogP contribution is 2.34. The van der Waals surface area contributed by atoms with E-state index in [1.165, 1.54) is 38.5 Å². The molecule has 1 aliphatic rings. The van der Waals surface area contributed by atoms with Gasteiger partial charge in [0.15, 0.2) is 0 Å². The number of methoxy groups -OCH3 is 1. The summed E-state index contributed by atoms with van der Waals surface area (Å²) in [7, 11) is 3.93. The Morgan fingerprint density at radius 3 is 2.38 bits per heavy atom. The number of likely N-dealkylation sites (N-methyl/N-ethyl adjacent to an activating group) is 1. The highest BCUT2D eigenvalue weighted by atomic mass is 16.5. The molecule has 0 aromatic heterocycles. The van der Waals surface area contributed by atoms with Crippen molar-refractivity contribution in [2.75, 3.05) is 14.2 Å². The molecule has 0 bridgehead atoms. The van der Waals surface area contributed by atoms with Crippen LogP contribution in [0.1, 0.15) is 51.4 Å². The van der Waals surface area contributed by atoms with E-state index in [1.54, 1.807) is 0 Å². The predicted molar refractivity (Wildman–Crippen MR) is 69.7 cm³/mol. The van der Waals surface area contributed by atoms with Crippen molar-refractivity contribution < 1.29 is 4.74 Å². The summed E-state index contributed by atoms with van der Waals surface area (Å²) in [5.74, 6) is 0. The van der Waals surface area contributed by atoms with Crippen LogP contribution in [0.5, 0.6) is 0 Å². The maximum Gasteiger partial charge on any atom is 0.0830 e. The Morgan fingerprint density at radius 2 is 1.94 bits per heavy atom. The van der Waals surface area contributed by atoms with Gasteiger partial charge in [0.25, 0.3) is 0 Å². The average molecular weight is 225 g/mol. The Bertz CT molecular complexity index is 195. The van der Waals surface area contributed by atoms with Gasteiger partial charge in [-0.05, 0) is 32.7 Å². The highest BCUT2D eigenvalue weighted by molar-refractivity contribution is 4.94. The number of hydrogen-bond donors (Lipinski definition) is 1. The lowest BCUT2D eigenvalue weighted by Crippen LogP contribution is -2.50. The lowest BCUT2D eigenvalue weighted by atomic mass is 9.83. The summed E-state index contributed by atoms with van der Waals surface area (Å²) >= 11 is 0. The first-order valence-electron chi connectivity index (χ1n) is 6.62. The summed E-state index contributed by atoms with van der Waals surface area (Å²) < 4.78 is 5.91. The molecule has 1 fully saturated rings. The lowest BCUT2D eigenvalue weighted by Gasteiger charge is -2.39. The third kappa shape index (κ3) is 3.33. The zero-order chi connectivity index (χ0) is 11.9. The van der Waals surface area contributed by atoms with Gasteiger partial charge in [-0.25, -0.2) is 0 Å². The number of hydrogen-bond acceptors (Lipinski definition) is 2. The summed E-state index contributed by atoms with van der Waals surface area (Å²) in [6, 6.07) is 0.466. The second-order valence-electron chi connectivity index (χ2n) is 4.89. The van der Waals surface area contributed by atoms with Crippen LogP contribution >= 0.6 is 0 Å². The first kappa shape index (κ1) is 13.7. The van der Waals surface area contributed by atoms with Gasteiger partial charge in [-0.1, -0.05) is 31.8 Å². The molecule has 0 aliphatic heterocycles. The largest absolute Gasteiger partial charge is 0.377 e. The first-order chi connectivity index (χ1) is 7.79. The van der Waals surface area contributed by atoms with E-state index in [-0.39, 0.29) is 5.60 Å². The van der Waals surface area contributed by atoms with Gasteiger partial charge in [0, 0.05) is 13.2 Å². The van der Waals surface area contributed by atoms with Gasteiger partial charge in [-0.3, -0.25) is 0 Å². The van der Waals surface area contributed by atoms with Gasteiger partial charge in [0.2, 0.25) is 0 Å². The van der Waals surface area contributed by atoms with E-state index < -0.39 is 0 Å². The van der Waals surface area contributed by atoms with Crippen LogP contribution in [0, 0.1) is 0 Å².